The summed E-state index contributed by atoms with van der Waals surface area (Å²) in [5.74, 6) is 0. The monoisotopic (exact) mass is 559 g/mol. The quantitative estimate of drug-likeness (QED) is 0.373. The van der Waals surface area contributed by atoms with Crippen LogP contribution in [0.4, 0.5) is 0 Å². The Morgan fingerprint density at radius 1 is 1.00 bits per heavy atom. The van der Waals surface area contributed by atoms with Gasteiger partial charge in [-0.25, -0.2) is 0 Å². The van der Waals surface area contributed by atoms with Gasteiger partial charge in [0.2, 0.25) is 0 Å². The molecule has 0 spiro atoms. The average Bonchev–Trinajstić information content (AvgIpc) is 0. The fourth-order valence-electron chi connectivity index (χ4n) is 0. The van der Waals surface area contributed by atoms with E-state index in [-0.39, 0.29) is 153 Å². The molecule has 0 saturated heterocycles. The largest absolute Gasteiger partial charge is 0.412 e. The van der Waals surface area contributed by atoms with E-state index in [9.17, 15) is 0 Å². The molecule has 5 heteroatoms. The molecule has 0 aliphatic carbocycles. The van der Waals surface area contributed by atoms with Crippen LogP contribution in [0.1, 0.15) is 0 Å². The van der Waals surface area contributed by atoms with E-state index in [2.05, 4.69) is 0 Å². The van der Waals surface area contributed by atoms with Crippen molar-refractivity contribution in [3.05, 3.63) is 0 Å². The predicted octanol–water partition coefficient (Wildman–Crippen LogP) is -0.827. The minimum absolute atomic E-state index is 0. The topological polar surface area (TPSA) is 31.5 Å². The summed E-state index contributed by atoms with van der Waals surface area (Å²) in [5, 5.41) is 0. The van der Waals surface area contributed by atoms with Crippen molar-refractivity contribution in [2.75, 3.05) is 0 Å². The third-order valence-corrected chi connectivity index (χ3v) is 0. The first-order valence-corrected chi connectivity index (χ1v) is 0. The van der Waals surface area contributed by atoms with E-state index in [1.807, 2.05) is 0 Å². The Labute approximate surface area is 148 Å². The molecule has 5 heavy (non-hydrogen) atoms. The van der Waals surface area contributed by atoms with Crippen LogP contribution < -0.4 is 0 Å². The van der Waals surface area contributed by atoms with Gasteiger partial charge >= 0.3 is 0 Å². The first-order chi connectivity index (χ1) is 0. The molecule has 1 radical (unpaired) electrons. The van der Waals surface area contributed by atoms with Crippen LogP contribution in [0.25, 0.3) is 0 Å². The molecule has 0 aromatic rings. The second-order valence-electron chi connectivity index (χ2n) is 0. The van der Waals surface area contributed by atoms with Crippen LogP contribution in [0.5, 0.6) is 0 Å². The molecule has 29 valence electrons. The minimum atomic E-state index is 0. The molecular weight excluding hydrogens is 556 g/mol. The van der Waals surface area contributed by atoms with E-state index < -0.39 is 0 Å². The van der Waals surface area contributed by atoms with Crippen molar-refractivity contribution >= 4 is 0 Å². The molecule has 0 aromatic carbocycles. The second kappa shape index (κ2) is 23.2. The number of hydrogen-bond acceptors (Lipinski definition) is 0. The molecule has 0 bridgehead atoms. The zero-order valence-electron chi connectivity index (χ0n) is 2.34. The van der Waals surface area contributed by atoms with Crippen LogP contribution in [0, 0.1) is 122 Å². The maximum Gasteiger partial charge on any atom is 0 e. The van der Waals surface area contributed by atoms with E-state index >= 15 is 0 Å². The Bertz CT molecular complexity index is 11.6. The molecule has 1 nitrogen and oxygen atoms in total. The van der Waals surface area contributed by atoms with Crippen LogP contribution in [0.3, 0.4) is 0 Å². The summed E-state index contributed by atoms with van der Waals surface area (Å²) in [4.78, 5) is 0. The Hall–Kier alpha value is 4.87. The van der Waals surface area contributed by atoms with Crippen LogP contribution in [0.2, 0.25) is 0 Å². The molecule has 0 rings (SSSR count). The predicted molar refractivity (Wildman–Crippen MR) is 3.61 cm³/mol. The average molecular weight is 558 g/mol. The molecule has 0 aliphatic rings. The van der Waals surface area contributed by atoms with Crippen molar-refractivity contribution in [3.8, 4) is 0 Å². The van der Waals surface area contributed by atoms with Crippen molar-refractivity contribution in [1.82, 2.24) is 0 Å². The van der Waals surface area contributed by atoms with Gasteiger partial charge in [0, 0.05) is 148 Å². The molecular formula is H2GdOPrSmZr. The molecule has 2 N–H and O–H groups in total. The Morgan fingerprint density at radius 2 is 1.00 bits per heavy atom. The zero-order valence-corrected chi connectivity index (χ0v) is 13.4. The van der Waals surface area contributed by atoms with Crippen molar-refractivity contribution in [1.29, 1.82) is 0 Å². The van der Waals surface area contributed by atoms with E-state index in [1.54, 1.807) is 0 Å². The summed E-state index contributed by atoms with van der Waals surface area (Å²) in [6, 6.07) is 0. The smallest absolute Gasteiger partial charge is 0 e. The first-order valence-electron chi connectivity index (χ1n) is 0. The second-order valence-corrected chi connectivity index (χ2v) is 0. The van der Waals surface area contributed by atoms with Gasteiger partial charge in [-0.15, -0.1) is 0 Å². The van der Waals surface area contributed by atoms with Gasteiger partial charge in [-0.1, -0.05) is 0 Å². The van der Waals surface area contributed by atoms with Gasteiger partial charge in [-0.2, -0.15) is 0 Å². The van der Waals surface area contributed by atoms with E-state index in [4.69, 9.17) is 0 Å². The molecule has 0 atom stereocenters. The summed E-state index contributed by atoms with van der Waals surface area (Å²) >= 11 is 0. The van der Waals surface area contributed by atoms with Gasteiger partial charge in [0.25, 0.3) is 0 Å². The molecule has 0 fully saturated rings. The van der Waals surface area contributed by atoms with Crippen molar-refractivity contribution < 1.29 is 153 Å². The van der Waals surface area contributed by atoms with Gasteiger partial charge in [0.05, 0.1) is 0 Å². The molecule has 0 aliphatic heterocycles. The van der Waals surface area contributed by atoms with Crippen molar-refractivity contribution in [2.45, 2.75) is 0 Å². The third kappa shape index (κ3) is 17.7. The van der Waals surface area contributed by atoms with Gasteiger partial charge < -0.3 is 5.48 Å². The number of hydrogen-bond donors (Lipinski definition) is 0. The maximum absolute atomic E-state index is 0. The minimum Gasteiger partial charge on any atom is -0.412 e. The molecule has 0 unspecified atom stereocenters. The van der Waals surface area contributed by atoms with Gasteiger partial charge in [-0.05, 0) is 0 Å². The Morgan fingerprint density at radius 3 is 1.00 bits per heavy atom. The van der Waals surface area contributed by atoms with Crippen molar-refractivity contribution in [2.24, 2.45) is 0 Å². The Balaban J connectivity index is 0. The van der Waals surface area contributed by atoms with Gasteiger partial charge in [-0.3, -0.25) is 0 Å². The fraction of sp³-hybridized carbons (Fsp3) is 0. The summed E-state index contributed by atoms with van der Waals surface area (Å²) in [6.07, 6.45) is 0. The summed E-state index contributed by atoms with van der Waals surface area (Å²) in [6.45, 7) is 0. The van der Waals surface area contributed by atoms with E-state index in [1.165, 1.54) is 0 Å². The Kier molecular flexibility index (Phi) is 152. The standard InChI is InChI=1S/Gd.H2O.Pr.Sm.Zr/h;1H2;;;. The molecule has 0 heterocycles. The van der Waals surface area contributed by atoms with Crippen molar-refractivity contribution in [3.63, 3.8) is 0 Å². The summed E-state index contributed by atoms with van der Waals surface area (Å²) in [7, 11) is 0. The van der Waals surface area contributed by atoms with E-state index in [0.717, 1.165) is 0 Å². The summed E-state index contributed by atoms with van der Waals surface area (Å²) in [5.41, 5.74) is 0. The summed E-state index contributed by atoms with van der Waals surface area (Å²) < 4.78 is 0. The zero-order chi connectivity index (χ0) is 0. The first kappa shape index (κ1) is 32.7. The molecule has 0 amide bonds. The number of rotatable bonds is 0. The van der Waals surface area contributed by atoms with Crippen LogP contribution in [-0.2, 0) is 26.2 Å². The molecule has 0 aromatic heterocycles. The van der Waals surface area contributed by atoms with Gasteiger partial charge in [0.15, 0.2) is 0 Å². The molecule has 0 saturated carbocycles. The van der Waals surface area contributed by atoms with Gasteiger partial charge in [0.1, 0.15) is 0 Å². The van der Waals surface area contributed by atoms with Crippen LogP contribution in [-0.4, -0.2) is 5.48 Å². The fourth-order valence-corrected chi connectivity index (χ4v) is 0. The normalized spacial score (nSPS) is 0. The SMILES string of the molecule is O.[Gd].[Pr].[Sm].[Zr]. The van der Waals surface area contributed by atoms with Crippen LogP contribution in [0.15, 0.2) is 0 Å². The van der Waals surface area contributed by atoms with Crippen LogP contribution >= 0.6 is 0 Å². The maximum atomic E-state index is 0. The van der Waals surface area contributed by atoms with E-state index in [0.29, 0.717) is 0 Å². The third-order valence-electron chi connectivity index (χ3n) is 0.